The summed E-state index contributed by atoms with van der Waals surface area (Å²) in [7, 11) is 0. The largest absolute Gasteiger partial charge is 0.443 e. The molecule has 1 aromatic heterocycles. The van der Waals surface area contributed by atoms with Crippen molar-refractivity contribution in [3.05, 3.63) is 65.6 Å². The summed E-state index contributed by atoms with van der Waals surface area (Å²) in [5.41, 5.74) is 3.68. The van der Waals surface area contributed by atoms with E-state index >= 15 is 0 Å². The van der Waals surface area contributed by atoms with Crippen LogP contribution in [-0.4, -0.2) is 48.3 Å². The number of rotatable bonds is 4. The molecule has 0 saturated carbocycles. The molecular formula is C24H23FN4O2. The quantitative estimate of drug-likeness (QED) is 0.682. The molecular weight excluding hydrogens is 395 g/mol. The second-order valence-electron chi connectivity index (χ2n) is 8.28. The third kappa shape index (κ3) is 3.87. The van der Waals surface area contributed by atoms with Gasteiger partial charge in [-0.25, -0.2) is 9.18 Å². The first kappa shape index (κ1) is 19.6. The van der Waals surface area contributed by atoms with E-state index in [0.717, 1.165) is 36.8 Å². The van der Waals surface area contributed by atoms with Gasteiger partial charge in [-0.1, -0.05) is 0 Å². The van der Waals surface area contributed by atoms with Crippen LogP contribution in [0.25, 0.3) is 10.9 Å². The first-order valence-corrected chi connectivity index (χ1v) is 10.6. The molecule has 0 aliphatic carbocycles. The van der Waals surface area contributed by atoms with Gasteiger partial charge in [-0.15, -0.1) is 0 Å². The van der Waals surface area contributed by atoms with Gasteiger partial charge in [0.1, 0.15) is 11.9 Å². The Labute approximate surface area is 179 Å². The Morgan fingerprint density at radius 2 is 1.94 bits per heavy atom. The van der Waals surface area contributed by atoms with Gasteiger partial charge in [0.15, 0.2) is 0 Å². The number of nitrogens with one attached hydrogen (secondary N) is 1. The van der Waals surface area contributed by atoms with Crippen molar-refractivity contribution in [1.29, 1.82) is 5.26 Å². The van der Waals surface area contributed by atoms with Crippen LogP contribution in [0.1, 0.15) is 29.9 Å². The number of aromatic amines is 1. The van der Waals surface area contributed by atoms with E-state index in [9.17, 15) is 14.4 Å². The maximum Gasteiger partial charge on any atom is 0.414 e. The Balaban J connectivity index is 1.20. The summed E-state index contributed by atoms with van der Waals surface area (Å²) in [6.45, 7) is 3.03. The number of likely N-dealkylation sites (tertiary alicyclic amines) is 1. The molecule has 2 fully saturated rings. The molecule has 7 heteroatoms. The fourth-order valence-corrected chi connectivity index (χ4v) is 4.71. The van der Waals surface area contributed by atoms with Crippen LogP contribution in [0, 0.1) is 17.1 Å². The monoisotopic (exact) mass is 418 g/mol. The Bertz CT molecular complexity index is 1140. The Kier molecular flexibility index (Phi) is 5.08. The highest BCUT2D eigenvalue weighted by Crippen LogP contribution is 2.34. The average molecular weight is 418 g/mol. The zero-order chi connectivity index (χ0) is 21.4. The van der Waals surface area contributed by atoms with Gasteiger partial charge < -0.3 is 9.72 Å². The Morgan fingerprint density at radius 3 is 2.68 bits per heavy atom. The summed E-state index contributed by atoms with van der Waals surface area (Å²) >= 11 is 0. The molecule has 3 heterocycles. The molecule has 5 rings (SSSR count). The minimum Gasteiger partial charge on any atom is -0.443 e. The van der Waals surface area contributed by atoms with Gasteiger partial charge in [-0.05, 0) is 79.9 Å². The number of fused-ring (bicyclic) bond motifs is 1. The maximum absolute atomic E-state index is 13.2. The number of aromatic nitrogens is 1. The van der Waals surface area contributed by atoms with Crippen LogP contribution in [0.3, 0.4) is 0 Å². The van der Waals surface area contributed by atoms with E-state index in [1.165, 1.54) is 17.7 Å². The standard InChI is InChI=1S/C24H23FN4O2/c25-18-2-4-19(5-3-18)29-15-20(31-24(29)30)14-28-9-7-17(8-10-28)22-13-27-23-6-1-16(12-26)11-21(22)23/h1-6,11,13,17,20,27H,7-10,14-15H2/t20-/m0/s1. The summed E-state index contributed by atoms with van der Waals surface area (Å²) < 4.78 is 18.7. The number of piperidine rings is 1. The smallest absolute Gasteiger partial charge is 0.414 e. The second kappa shape index (κ2) is 8.05. The molecule has 1 atom stereocenters. The summed E-state index contributed by atoms with van der Waals surface area (Å²) in [6, 6.07) is 13.9. The van der Waals surface area contributed by atoms with Crippen molar-refractivity contribution in [3.8, 4) is 6.07 Å². The molecule has 1 amide bonds. The molecule has 0 spiro atoms. The zero-order valence-electron chi connectivity index (χ0n) is 17.1. The fourth-order valence-electron chi connectivity index (χ4n) is 4.71. The molecule has 2 saturated heterocycles. The average Bonchev–Trinajstić information content (AvgIpc) is 3.37. The molecule has 158 valence electrons. The number of hydrogen-bond acceptors (Lipinski definition) is 4. The topological polar surface area (TPSA) is 72.4 Å². The van der Waals surface area contributed by atoms with E-state index in [-0.39, 0.29) is 18.0 Å². The number of nitriles is 1. The van der Waals surface area contributed by atoms with Gasteiger partial charge in [0.25, 0.3) is 0 Å². The highest BCUT2D eigenvalue weighted by molar-refractivity contribution is 5.89. The normalized spacial score (nSPS) is 20.2. The third-order valence-corrected chi connectivity index (χ3v) is 6.34. The number of nitrogens with zero attached hydrogens (tertiary/aromatic N) is 3. The molecule has 3 aromatic rings. The molecule has 0 radical (unpaired) electrons. The van der Waals surface area contributed by atoms with Gasteiger partial charge >= 0.3 is 6.09 Å². The Morgan fingerprint density at radius 1 is 1.16 bits per heavy atom. The SMILES string of the molecule is N#Cc1ccc2[nH]cc(C3CCN(C[C@H]4CN(c5ccc(F)cc5)C(=O)O4)CC3)c2c1. The van der Waals surface area contributed by atoms with E-state index < -0.39 is 0 Å². The van der Waals surface area contributed by atoms with Gasteiger partial charge in [-0.3, -0.25) is 9.80 Å². The predicted molar refractivity (Wildman–Crippen MR) is 115 cm³/mol. The van der Waals surface area contributed by atoms with Gasteiger partial charge in [0.05, 0.1) is 18.2 Å². The Hall–Kier alpha value is -3.37. The van der Waals surface area contributed by atoms with Crippen LogP contribution in [-0.2, 0) is 4.74 Å². The summed E-state index contributed by atoms with van der Waals surface area (Å²) in [6.07, 6.45) is 3.54. The van der Waals surface area contributed by atoms with Crippen molar-refractivity contribution in [1.82, 2.24) is 9.88 Å². The van der Waals surface area contributed by atoms with Crippen molar-refractivity contribution >= 4 is 22.7 Å². The van der Waals surface area contributed by atoms with E-state index in [0.29, 0.717) is 30.3 Å². The molecule has 1 N–H and O–H groups in total. The predicted octanol–water partition coefficient (Wildman–Crippen LogP) is 4.38. The number of carbonyl (C=O) groups excluding carboxylic acids is 1. The lowest BCUT2D eigenvalue weighted by molar-refractivity contribution is 0.0977. The minimum absolute atomic E-state index is 0.194. The fraction of sp³-hybridized carbons (Fsp3) is 0.333. The molecule has 2 aliphatic rings. The highest BCUT2D eigenvalue weighted by atomic mass is 19.1. The van der Waals surface area contributed by atoms with Crippen molar-refractivity contribution in [2.75, 3.05) is 31.1 Å². The zero-order valence-corrected chi connectivity index (χ0v) is 17.1. The molecule has 31 heavy (non-hydrogen) atoms. The molecule has 2 aliphatic heterocycles. The number of halogens is 1. The number of anilines is 1. The van der Waals surface area contributed by atoms with Crippen molar-refractivity contribution in [3.63, 3.8) is 0 Å². The van der Waals surface area contributed by atoms with E-state index in [4.69, 9.17) is 4.74 Å². The summed E-state index contributed by atoms with van der Waals surface area (Å²) in [4.78, 5) is 19.5. The van der Waals surface area contributed by atoms with Crippen LogP contribution in [0.15, 0.2) is 48.7 Å². The highest BCUT2D eigenvalue weighted by Gasteiger charge is 2.34. The lowest BCUT2D eigenvalue weighted by Gasteiger charge is -2.32. The number of hydrogen-bond donors (Lipinski definition) is 1. The summed E-state index contributed by atoms with van der Waals surface area (Å²) in [5, 5.41) is 10.3. The van der Waals surface area contributed by atoms with Crippen LogP contribution < -0.4 is 4.90 Å². The van der Waals surface area contributed by atoms with Crippen LogP contribution in [0.5, 0.6) is 0 Å². The first-order valence-electron chi connectivity index (χ1n) is 10.6. The van der Waals surface area contributed by atoms with Crippen molar-refractivity contribution < 1.29 is 13.9 Å². The van der Waals surface area contributed by atoms with Crippen molar-refractivity contribution in [2.45, 2.75) is 24.9 Å². The third-order valence-electron chi connectivity index (χ3n) is 6.34. The number of amides is 1. The van der Waals surface area contributed by atoms with Crippen LogP contribution >= 0.6 is 0 Å². The number of benzene rings is 2. The van der Waals surface area contributed by atoms with Gasteiger partial charge in [0, 0.05) is 29.3 Å². The molecule has 2 aromatic carbocycles. The van der Waals surface area contributed by atoms with E-state index in [2.05, 4.69) is 22.1 Å². The summed E-state index contributed by atoms with van der Waals surface area (Å²) in [5.74, 6) is 0.121. The number of cyclic esters (lactones) is 1. The molecule has 0 bridgehead atoms. The maximum atomic E-state index is 13.2. The first-order chi connectivity index (χ1) is 15.1. The number of carbonyl (C=O) groups is 1. The lowest BCUT2D eigenvalue weighted by Crippen LogP contribution is -2.39. The van der Waals surface area contributed by atoms with E-state index in [1.807, 2.05) is 18.2 Å². The van der Waals surface area contributed by atoms with Crippen LogP contribution in [0.2, 0.25) is 0 Å². The number of H-pyrrole nitrogens is 1. The van der Waals surface area contributed by atoms with Gasteiger partial charge in [-0.2, -0.15) is 5.26 Å². The second-order valence-corrected chi connectivity index (χ2v) is 8.28. The van der Waals surface area contributed by atoms with Crippen molar-refractivity contribution in [2.24, 2.45) is 0 Å². The number of ether oxygens (including phenoxy) is 1. The molecule has 6 nitrogen and oxygen atoms in total. The van der Waals surface area contributed by atoms with Gasteiger partial charge in [0.2, 0.25) is 0 Å². The minimum atomic E-state index is -0.376. The van der Waals surface area contributed by atoms with Crippen LogP contribution in [0.4, 0.5) is 14.9 Å². The molecule has 0 unspecified atom stereocenters. The van der Waals surface area contributed by atoms with E-state index in [1.54, 1.807) is 17.0 Å². The lowest BCUT2D eigenvalue weighted by atomic mass is 9.89.